The van der Waals surface area contributed by atoms with Gasteiger partial charge in [0.2, 0.25) is 0 Å². The number of aryl methyl sites for hydroxylation is 1. The molecule has 23 heavy (non-hydrogen) atoms. The highest BCUT2D eigenvalue weighted by molar-refractivity contribution is 9.10. The van der Waals surface area contributed by atoms with Crippen LogP contribution in [0, 0.1) is 5.92 Å². The van der Waals surface area contributed by atoms with E-state index < -0.39 is 0 Å². The number of benzene rings is 1. The highest BCUT2D eigenvalue weighted by atomic mass is 79.9. The van der Waals surface area contributed by atoms with Gasteiger partial charge in [-0.15, -0.1) is 0 Å². The van der Waals surface area contributed by atoms with E-state index in [1.807, 2.05) is 6.20 Å². The monoisotopic (exact) mass is 370 g/mol. The summed E-state index contributed by atoms with van der Waals surface area (Å²) in [6, 6.07) is 10.5. The molecule has 3 aromatic rings. The molecule has 0 amide bonds. The Labute approximate surface area is 144 Å². The van der Waals surface area contributed by atoms with Crippen molar-refractivity contribution in [2.75, 3.05) is 18.5 Å². The van der Waals surface area contributed by atoms with E-state index >= 15 is 0 Å². The van der Waals surface area contributed by atoms with Crippen molar-refractivity contribution in [2.45, 2.75) is 19.4 Å². The zero-order valence-electron chi connectivity index (χ0n) is 13.1. The van der Waals surface area contributed by atoms with E-state index in [4.69, 9.17) is 4.98 Å². The molecule has 0 spiro atoms. The fraction of sp³-hybridized carbons (Fsp3) is 0.333. The summed E-state index contributed by atoms with van der Waals surface area (Å²) in [5.41, 5.74) is 1.03. The zero-order chi connectivity index (χ0) is 15.8. The maximum absolute atomic E-state index is 4.81. The fourth-order valence-electron chi connectivity index (χ4n) is 3.36. The summed E-state index contributed by atoms with van der Waals surface area (Å²) in [6.07, 6.45) is 6.27. The molecule has 1 aliphatic heterocycles. The smallest absolute Gasteiger partial charge is 0.128 e. The molecule has 0 N–H and O–H groups in total. The lowest BCUT2D eigenvalue weighted by molar-refractivity contribution is 0.368. The molecule has 0 aliphatic carbocycles. The zero-order valence-corrected chi connectivity index (χ0v) is 14.7. The van der Waals surface area contributed by atoms with Gasteiger partial charge >= 0.3 is 0 Å². The van der Waals surface area contributed by atoms with Crippen molar-refractivity contribution in [1.82, 2.24) is 14.5 Å². The number of rotatable bonds is 3. The molecular weight excluding hydrogens is 352 g/mol. The van der Waals surface area contributed by atoms with E-state index in [0.717, 1.165) is 35.3 Å². The van der Waals surface area contributed by atoms with Gasteiger partial charge in [-0.25, -0.2) is 9.97 Å². The number of fused-ring (bicyclic) bond motifs is 2. The molecule has 1 aliphatic rings. The quantitative estimate of drug-likeness (QED) is 0.701. The minimum atomic E-state index is 0.640. The molecule has 0 bridgehead atoms. The molecular formula is C18H19BrN4. The van der Waals surface area contributed by atoms with Gasteiger partial charge in [-0.1, -0.05) is 22.0 Å². The Morgan fingerprint density at radius 2 is 2.17 bits per heavy atom. The average Bonchev–Trinajstić information content (AvgIpc) is 3.01. The standard InChI is InChI=1S/C18H19BrN4/c1-22(11-13-2-6-17-20-8-9-23(17)12-13)18-7-4-14-3-5-15(19)10-16(14)21-18/h3-5,7-10,13H,2,6,11-12H2,1H3. The van der Waals surface area contributed by atoms with E-state index in [1.54, 1.807) is 0 Å². The molecule has 5 heteroatoms. The van der Waals surface area contributed by atoms with Crippen LogP contribution in [-0.2, 0) is 13.0 Å². The second kappa shape index (κ2) is 5.96. The van der Waals surface area contributed by atoms with Crippen molar-refractivity contribution in [1.29, 1.82) is 0 Å². The number of nitrogens with zero attached hydrogens (tertiary/aromatic N) is 4. The molecule has 0 saturated heterocycles. The molecule has 4 rings (SSSR count). The summed E-state index contributed by atoms with van der Waals surface area (Å²) >= 11 is 3.52. The van der Waals surface area contributed by atoms with E-state index in [2.05, 4.69) is 74.0 Å². The third-order valence-electron chi connectivity index (χ3n) is 4.60. The van der Waals surface area contributed by atoms with Gasteiger partial charge in [0.15, 0.2) is 0 Å². The lowest BCUT2D eigenvalue weighted by Crippen LogP contribution is -2.31. The number of imidazole rings is 1. The lowest BCUT2D eigenvalue weighted by Gasteiger charge is -2.28. The predicted molar refractivity (Wildman–Crippen MR) is 96.8 cm³/mol. The Kier molecular flexibility index (Phi) is 3.81. The third kappa shape index (κ3) is 2.98. The van der Waals surface area contributed by atoms with Crippen LogP contribution in [0.5, 0.6) is 0 Å². The number of hydrogen-bond acceptors (Lipinski definition) is 3. The van der Waals surface area contributed by atoms with Gasteiger partial charge < -0.3 is 9.47 Å². The highest BCUT2D eigenvalue weighted by Crippen LogP contribution is 2.24. The van der Waals surface area contributed by atoms with Crippen molar-refractivity contribution in [2.24, 2.45) is 5.92 Å². The first-order chi connectivity index (χ1) is 11.2. The third-order valence-corrected chi connectivity index (χ3v) is 5.09. The SMILES string of the molecule is CN(CC1CCc2nccn2C1)c1ccc2ccc(Br)cc2n1. The van der Waals surface area contributed by atoms with E-state index in [0.29, 0.717) is 5.92 Å². The number of aromatic nitrogens is 3. The van der Waals surface area contributed by atoms with Crippen LogP contribution >= 0.6 is 15.9 Å². The van der Waals surface area contributed by atoms with Crippen LogP contribution in [0.25, 0.3) is 10.9 Å². The topological polar surface area (TPSA) is 34.0 Å². The summed E-state index contributed by atoms with van der Waals surface area (Å²) in [7, 11) is 2.13. The first-order valence-electron chi connectivity index (χ1n) is 7.96. The lowest BCUT2D eigenvalue weighted by atomic mass is 9.99. The van der Waals surface area contributed by atoms with Gasteiger partial charge in [-0.3, -0.25) is 0 Å². The van der Waals surface area contributed by atoms with Gasteiger partial charge in [0.1, 0.15) is 11.6 Å². The number of anilines is 1. The normalized spacial score (nSPS) is 17.2. The Hall–Kier alpha value is -1.88. The molecule has 1 atom stereocenters. The predicted octanol–water partition coefficient (Wildman–Crippen LogP) is 3.89. The van der Waals surface area contributed by atoms with Crippen LogP contribution < -0.4 is 4.90 Å². The second-order valence-electron chi connectivity index (χ2n) is 6.29. The second-order valence-corrected chi connectivity index (χ2v) is 7.20. The first kappa shape index (κ1) is 14.7. The van der Waals surface area contributed by atoms with Crippen molar-refractivity contribution >= 4 is 32.7 Å². The van der Waals surface area contributed by atoms with Crippen molar-refractivity contribution in [3.05, 3.63) is 53.0 Å². The number of hydrogen-bond donors (Lipinski definition) is 0. The fourth-order valence-corrected chi connectivity index (χ4v) is 3.71. The molecule has 0 fully saturated rings. The van der Waals surface area contributed by atoms with Crippen LogP contribution in [0.4, 0.5) is 5.82 Å². The maximum atomic E-state index is 4.81. The van der Waals surface area contributed by atoms with Crippen LogP contribution in [0.2, 0.25) is 0 Å². The average molecular weight is 371 g/mol. The first-order valence-corrected chi connectivity index (χ1v) is 8.76. The molecule has 0 saturated carbocycles. The Morgan fingerprint density at radius 3 is 3.09 bits per heavy atom. The van der Waals surface area contributed by atoms with Crippen molar-refractivity contribution in [3.63, 3.8) is 0 Å². The minimum absolute atomic E-state index is 0.640. The summed E-state index contributed by atoms with van der Waals surface area (Å²) in [4.78, 5) is 11.5. The van der Waals surface area contributed by atoms with Gasteiger partial charge in [0, 0.05) is 48.8 Å². The van der Waals surface area contributed by atoms with Crippen LogP contribution in [0.1, 0.15) is 12.2 Å². The Bertz CT molecular complexity index is 842. The van der Waals surface area contributed by atoms with E-state index in [1.165, 1.54) is 17.6 Å². The van der Waals surface area contributed by atoms with Gasteiger partial charge in [-0.2, -0.15) is 0 Å². The van der Waals surface area contributed by atoms with Gasteiger partial charge in [-0.05, 0) is 36.6 Å². The van der Waals surface area contributed by atoms with Crippen molar-refractivity contribution < 1.29 is 0 Å². The molecule has 118 valence electrons. The number of pyridine rings is 1. The van der Waals surface area contributed by atoms with Crippen LogP contribution in [0.15, 0.2) is 47.2 Å². The minimum Gasteiger partial charge on any atom is -0.359 e. The van der Waals surface area contributed by atoms with Gasteiger partial charge in [0.05, 0.1) is 5.52 Å². The summed E-state index contributed by atoms with van der Waals surface area (Å²) < 4.78 is 3.35. The summed E-state index contributed by atoms with van der Waals surface area (Å²) in [6.45, 7) is 2.07. The van der Waals surface area contributed by atoms with Crippen LogP contribution in [-0.4, -0.2) is 28.1 Å². The van der Waals surface area contributed by atoms with Gasteiger partial charge in [0.25, 0.3) is 0 Å². The maximum Gasteiger partial charge on any atom is 0.128 e. The highest BCUT2D eigenvalue weighted by Gasteiger charge is 2.20. The molecule has 1 unspecified atom stereocenters. The molecule has 1 aromatic carbocycles. The largest absolute Gasteiger partial charge is 0.359 e. The summed E-state index contributed by atoms with van der Waals surface area (Å²) in [5, 5.41) is 1.17. The van der Waals surface area contributed by atoms with Crippen molar-refractivity contribution in [3.8, 4) is 0 Å². The molecule has 0 radical (unpaired) electrons. The molecule has 3 heterocycles. The van der Waals surface area contributed by atoms with E-state index in [-0.39, 0.29) is 0 Å². The number of halogens is 1. The Balaban J connectivity index is 1.52. The molecule has 4 nitrogen and oxygen atoms in total. The molecule has 2 aromatic heterocycles. The summed E-state index contributed by atoms with van der Waals surface area (Å²) in [5.74, 6) is 2.89. The van der Waals surface area contributed by atoms with E-state index in [9.17, 15) is 0 Å². The van der Waals surface area contributed by atoms with Crippen LogP contribution in [0.3, 0.4) is 0 Å². The Morgan fingerprint density at radius 1 is 1.30 bits per heavy atom.